The lowest BCUT2D eigenvalue weighted by molar-refractivity contribution is 0.606. The Morgan fingerprint density at radius 1 is 1.00 bits per heavy atom. The highest BCUT2D eigenvalue weighted by Crippen LogP contribution is 2.08. The molecule has 0 N–H and O–H groups in total. The van der Waals surface area contributed by atoms with E-state index in [-0.39, 0.29) is 0 Å². The molecule has 0 saturated heterocycles. The molecule has 13 heavy (non-hydrogen) atoms. The fraction of sp³-hybridized carbons (Fsp3) is 0.538. The average Bonchev–Trinajstić information content (AvgIpc) is 2.21. The van der Waals surface area contributed by atoms with Gasteiger partial charge in [-0.3, -0.25) is 0 Å². The van der Waals surface area contributed by atoms with E-state index in [1.807, 2.05) is 26.0 Å². The number of rotatable bonds is 5. The quantitative estimate of drug-likeness (QED) is 0.536. The first-order valence-electron chi connectivity index (χ1n) is 5.31. The van der Waals surface area contributed by atoms with Crippen LogP contribution < -0.4 is 0 Å². The topological polar surface area (TPSA) is 0 Å². The molecule has 0 aliphatic heterocycles. The van der Waals surface area contributed by atoms with Crippen LogP contribution in [-0.4, -0.2) is 0 Å². The summed E-state index contributed by atoms with van der Waals surface area (Å²) in [5, 5.41) is 0. The van der Waals surface area contributed by atoms with Gasteiger partial charge in [-0.05, 0) is 18.8 Å². The van der Waals surface area contributed by atoms with Crippen LogP contribution in [0.2, 0.25) is 0 Å². The van der Waals surface area contributed by atoms with E-state index in [0.29, 0.717) is 0 Å². The fourth-order valence-electron chi connectivity index (χ4n) is 0.925. The van der Waals surface area contributed by atoms with Crippen LogP contribution in [0.1, 0.15) is 40.5 Å². The maximum atomic E-state index is 3.60. The first kappa shape index (κ1) is 14.7. The Hall–Kier alpha value is -0.780. The molecule has 0 heterocycles. The second-order valence-electron chi connectivity index (χ2n) is 2.58. The van der Waals surface area contributed by atoms with E-state index in [1.165, 1.54) is 12.8 Å². The van der Waals surface area contributed by atoms with Gasteiger partial charge in [-0.2, -0.15) is 0 Å². The van der Waals surface area contributed by atoms with Crippen molar-refractivity contribution in [3.05, 3.63) is 37.0 Å². The SMILES string of the molecule is C=C/C=C\C=C\C(CC)CC.CC. The minimum atomic E-state index is 0.740. The van der Waals surface area contributed by atoms with E-state index in [4.69, 9.17) is 0 Å². The van der Waals surface area contributed by atoms with Gasteiger partial charge in [0.15, 0.2) is 0 Å². The molecule has 0 rings (SSSR count). The molecule has 0 unspecified atom stereocenters. The van der Waals surface area contributed by atoms with Crippen LogP contribution in [-0.2, 0) is 0 Å². The number of allylic oxidation sites excluding steroid dienone is 5. The zero-order valence-electron chi connectivity index (χ0n) is 9.59. The van der Waals surface area contributed by atoms with E-state index in [0.717, 1.165) is 5.92 Å². The second-order valence-corrected chi connectivity index (χ2v) is 2.58. The van der Waals surface area contributed by atoms with E-state index >= 15 is 0 Å². The largest absolute Gasteiger partial charge is 0.0991 e. The summed E-state index contributed by atoms with van der Waals surface area (Å²) < 4.78 is 0. The van der Waals surface area contributed by atoms with Gasteiger partial charge < -0.3 is 0 Å². The van der Waals surface area contributed by atoms with Crippen molar-refractivity contribution in [2.75, 3.05) is 0 Å². The van der Waals surface area contributed by atoms with Gasteiger partial charge in [0.05, 0.1) is 0 Å². The number of hydrogen-bond acceptors (Lipinski definition) is 0. The van der Waals surface area contributed by atoms with Gasteiger partial charge in [0.25, 0.3) is 0 Å². The van der Waals surface area contributed by atoms with E-state index < -0.39 is 0 Å². The van der Waals surface area contributed by atoms with Crippen molar-refractivity contribution in [2.45, 2.75) is 40.5 Å². The lowest BCUT2D eigenvalue weighted by atomic mass is 10.0. The van der Waals surface area contributed by atoms with Crippen LogP contribution in [0.15, 0.2) is 37.0 Å². The molecule has 0 amide bonds. The van der Waals surface area contributed by atoms with Crippen molar-refractivity contribution in [3.63, 3.8) is 0 Å². The molecular weight excluding hydrogens is 156 g/mol. The molecule has 0 aromatic rings. The minimum Gasteiger partial charge on any atom is -0.0991 e. The highest BCUT2D eigenvalue weighted by molar-refractivity contribution is 5.09. The maximum Gasteiger partial charge on any atom is -0.0236 e. The molecule has 0 fully saturated rings. The number of hydrogen-bond donors (Lipinski definition) is 0. The molecule has 0 bridgehead atoms. The van der Waals surface area contributed by atoms with Gasteiger partial charge >= 0.3 is 0 Å². The molecule has 0 atom stereocenters. The summed E-state index contributed by atoms with van der Waals surface area (Å²) in [6, 6.07) is 0. The molecule has 0 radical (unpaired) electrons. The van der Waals surface area contributed by atoms with Crippen molar-refractivity contribution in [3.8, 4) is 0 Å². The van der Waals surface area contributed by atoms with Crippen LogP contribution in [0.25, 0.3) is 0 Å². The fourth-order valence-corrected chi connectivity index (χ4v) is 0.925. The van der Waals surface area contributed by atoms with Crippen molar-refractivity contribution >= 4 is 0 Å². The molecule has 0 aromatic heterocycles. The zero-order chi connectivity index (χ0) is 10.5. The molecule has 0 heteroatoms. The maximum absolute atomic E-state index is 3.60. The van der Waals surface area contributed by atoms with Crippen LogP contribution in [0, 0.1) is 5.92 Å². The van der Waals surface area contributed by atoms with Crippen LogP contribution >= 0.6 is 0 Å². The van der Waals surface area contributed by atoms with Gasteiger partial charge in [0.2, 0.25) is 0 Å². The Morgan fingerprint density at radius 2 is 1.54 bits per heavy atom. The van der Waals surface area contributed by atoms with Gasteiger partial charge in [0, 0.05) is 0 Å². The van der Waals surface area contributed by atoms with E-state index in [1.54, 1.807) is 6.08 Å². The summed E-state index contributed by atoms with van der Waals surface area (Å²) in [6.07, 6.45) is 12.6. The summed E-state index contributed by atoms with van der Waals surface area (Å²) in [5.74, 6) is 0.740. The molecular formula is C13H24. The third-order valence-corrected chi connectivity index (χ3v) is 1.79. The van der Waals surface area contributed by atoms with E-state index in [2.05, 4.69) is 32.6 Å². The Kier molecular flexibility index (Phi) is 15.6. The summed E-state index contributed by atoms with van der Waals surface area (Å²) in [5.41, 5.74) is 0. The van der Waals surface area contributed by atoms with Crippen LogP contribution in [0.3, 0.4) is 0 Å². The second kappa shape index (κ2) is 13.8. The third kappa shape index (κ3) is 11.2. The van der Waals surface area contributed by atoms with Gasteiger partial charge in [-0.15, -0.1) is 0 Å². The van der Waals surface area contributed by atoms with Crippen molar-refractivity contribution < 1.29 is 0 Å². The van der Waals surface area contributed by atoms with Crippen LogP contribution in [0.5, 0.6) is 0 Å². The standard InChI is InChI=1S/C11H18.C2H6/c1-4-7-8-9-10-11(5-2)6-3;1-2/h4,7-11H,1,5-6H2,2-3H3;1-2H3/b8-7-,10-9+;. The smallest absolute Gasteiger partial charge is 0.0236 e. The highest BCUT2D eigenvalue weighted by Gasteiger charge is 1.94. The Labute approximate surface area is 84.1 Å². The molecule has 0 saturated carbocycles. The Balaban J connectivity index is 0. The van der Waals surface area contributed by atoms with E-state index in [9.17, 15) is 0 Å². The summed E-state index contributed by atoms with van der Waals surface area (Å²) in [7, 11) is 0. The molecule has 0 nitrogen and oxygen atoms in total. The Morgan fingerprint density at radius 3 is 1.92 bits per heavy atom. The minimum absolute atomic E-state index is 0.740. The molecule has 0 aliphatic rings. The first-order valence-corrected chi connectivity index (χ1v) is 5.31. The third-order valence-electron chi connectivity index (χ3n) is 1.79. The zero-order valence-corrected chi connectivity index (χ0v) is 9.59. The molecule has 0 aromatic carbocycles. The summed E-state index contributed by atoms with van der Waals surface area (Å²) in [4.78, 5) is 0. The van der Waals surface area contributed by atoms with Gasteiger partial charge in [0.1, 0.15) is 0 Å². The highest BCUT2D eigenvalue weighted by atomic mass is 14.0. The molecule has 0 aliphatic carbocycles. The molecule has 76 valence electrons. The lowest BCUT2D eigenvalue weighted by Gasteiger charge is -2.02. The van der Waals surface area contributed by atoms with Gasteiger partial charge in [-0.25, -0.2) is 0 Å². The van der Waals surface area contributed by atoms with Crippen molar-refractivity contribution in [2.24, 2.45) is 5.92 Å². The normalized spacial score (nSPS) is 10.5. The van der Waals surface area contributed by atoms with Crippen LogP contribution in [0.4, 0.5) is 0 Å². The van der Waals surface area contributed by atoms with Gasteiger partial charge in [-0.1, -0.05) is 64.7 Å². The summed E-state index contributed by atoms with van der Waals surface area (Å²) in [6.45, 7) is 12.0. The first-order chi connectivity index (χ1) is 6.35. The average molecular weight is 180 g/mol. The van der Waals surface area contributed by atoms with Crippen molar-refractivity contribution in [1.29, 1.82) is 0 Å². The monoisotopic (exact) mass is 180 g/mol. The predicted molar refractivity (Wildman–Crippen MR) is 63.9 cm³/mol. The van der Waals surface area contributed by atoms with Crippen molar-refractivity contribution in [1.82, 2.24) is 0 Å². The Bertz CT molecular complexity index is 136. The molecule has 0 spiro atoms. The lowest BCUT2D eigenvalue weighted by Crippen LogP contribution is -1.89. The summed E-state index contributed by atoms with van der Waals surface area (Å²) >= 11 is 0. The predicted octanol–water partition coefficient (Wildman–Crippen LogP) is 4.75.